The van der Waals surface area contributed by atoms with Gasteiger partial charge in [0.15, 0.2) is 5.96 Å². The largest absolute Gasteiger partial charge is 0.453 e. The molecular formula is C16H32N6O2. The molecule has 2 saturated heterocycles. The molecule has 2 N–H and O–H groups in total. The summed E-state index contributed by atoms with van der Waals surface area (Å²) in [6.45, 7) is 5.61. The zero-order chi connectivity index (χ0) is 17.5. The van der Waals surface area contributed by atoms with Crippen LogP contribution >= 0.6 is 0 Å². The number of amides is 1. The van der Waals surface area contributed by atoms with E-state index >= 15 is 0 Å². The van der Waals surface area contributed by atoms with Crippen molar-refractivity contribution >= 4 is 12.1 Å². The predicted octanol–water partition coefficient (Wildman–Crippen LogP) is -0.372. The summed E-state index contributed by atoms with van der Waals surface area (Å²) in [6.07, 6.45) is 1.57. The number of aliphatic imine (C=N–C) groups is 1. The van der Waals surface area contributed by atoms with Gasteiger partial charge >= 0.3 is 6.09 Å². The van der Waals surface area contributed by atoms with Gasteiger partial charge in [-0.25, -0.2) is 4.79 Å². The van der Waals surface area contributed by atoms with Crippen LogP contribution in [0.5, 0.6) is 0 Å². The van der Waals surface area contributed by atoms with E-state index in [1.165, 1.54) is 7.11 Å². The average Bonchev–Trinajstić information content (AvgIpc) is 2.61. The van der Waals surface area contributed by atoms with Crippen LogP contribution in [-0.4, -0.2) is 106 Å². The third kappa shape index (κ3) is 5.24. The number of nitrogens with one attached hydrogen (secondary N) is 2. The SMILES string of the molecule is CN=C(NCC1CN(C)CCN1C)NC1CCN(C(=O)OC)CC1. The highest BCUT2D eigenvalue weighted by Crippen LogP contribution is 2.11. The van der Waals surface area contributed by atoms with Crippen molar-refractivity contribution in [2.75, 3.05) is 67.5 Å². The van der Waals surface area contributed by atoms with Gasteiger partial charge in [0, 0.05) is 58.4 Å². The van der Waals surface area contributed by atoms with Crippen LogP contribution in [0, 0.1) is 0 Å². The van der Waals surface area contributed by atoms with Crippen LogP contribution < -0.4 is 10.6 Å². The smallest absolute Gasteiger partial charge is 0.409 e. The number of piperazine rings is 1. The van der Waals surface area contributed by atoms with E-state index in [1.54, 1.807) is 11.9 Å². The van der Waals surface area contributed by atoms with Crippen LogP contribution in [0.1, 0.15) is 12.8 Å². The maximum atomic E-state index is 11.5. The fourth-order valence-corrected chi connectivity index (χ4v) is 3.26. The van der Waals surface area contributed by atoms with Gasteiger partial charge in [-0.1, -0.05) is 0 Å². The second-order valence-corrected chi connectivity index (χ2v) is 6.73. The van der Waals surface area contributed by atoms with Crippen molar-refractivity contribution in [1.29, 1.82) is 0 Å². The van der Waals surface area contributed by atoms with Crippen molar-refractivity contribution in [1.82, 2.24) is 25.3 Å². The van der Waals surface area contributed by atoms with Crippen LogP contribution in [0.25, 0.3) is 0 Å². The summed E-state index contributed by atoms with van der Waals surface area (Å²) in [5.74, 6) is 0.841. The fourth-order valence-electron chi connectivity index (χ4n) is 3.26. The molecule has 2 aliphatic heterocycles. The number of nitrogens with zero attached hydrogens (tertiary/aromatic N) is 4. The number of methoxy groups -OCH3 is 1. The van der Waals surface area contributed by atoms with Gasteiger partial charge in [0.05, 0.1) is 7.11 Å². The summed E-state index contributed by atoms with van der Waals surface area (Å²) < 4.78 is 4.77. The summed E-state index contributed by atoms with van der Waals surface area (Å²) in [5, 5.41) is 6.92. The third-order valence-corrected chi connectivity index (χ3v) is 4.98. The number of likely N-dealkylation sites (tertiary alicyclic amines) is 1. The van der Waals surface area contributed by atoms with Crippen LogP contribution in [-0.2, 0) is 4.74 Å². The number of hydrogen-bond donors (Lipinski definition) is 2. The first-order valence-corrected chi connectivity index (χ1v) is 8.72. The predicted molar refractivity (Wildman–Crippen MR) is 95.4 cm³/mol. The highest BCUT2D eigenvalue weighted by molar-refractivity contribution is 5.80. The minimum absolute atomic E-state index is 0.236. The minimum Gasteiger partial charge on any atom is -0.453 e. The molecule has 0 radical (unpaired) electrons. The van der Waals surface area contributed by atoms with E-state index in [2.05, 4.69) is 39.5 Å². The molecule has 138 valence electrons. The molecule has 2 rings (SSSR count). The molecule has 1 amide bonds. The lowest BCUT2D eigenvalue weighted by molar-refractivity contribution is 0.111. The Hall–Kier alpha value is -1.54. The molecular weight excluding hydrogens is 308 g/mol. The molecule has 0 aromatic rings. The van der Waals surface area contributed by atoms with Crippen LogP contribution in [0.3, 0.4) is 0 Å². The van der Waals surface area contributed by atoms with Gasteiger partial charge in [-0.2, -0.15) is 0 Å². The van der Waals surface area contributed by atoms with Crippen LogP contribution in [0.2, 0.25) is 0 Å². The van der Waals surface area contributed by atoms with E-state index in [4.69, 9.17) is 4.74 Å². The Balaban J connectivity index is 1.74. The Bertz CT molecular complexity index is 436. The monoisotopic (exact) mass is 340 g/mol. The highest BCUT2D eigenvalue weighted by Gasteiger charge is 2.25. The normalized spacial score (nSPS) is 24.8. The first-order valence-electron chi connectivity index (χ1n) is 8.72. The number of likely N-dealkylation sites (N-methyl/N-ethyl adjacent to an activating group) is 2. The second kappa shape index (κ2) is 9.08. The maximum Gasteiger partial charge on any atom is 0.409 e. The Morgan fingerprint density at radius 2 is 1.92 bits per heavy atom. The van der Waals surface area contributed by atoms with E-state index < -0.39 is 0 Å². The molecule has 0 aliphatic carbocycles. The minimum atomic E-state index is -0.236. The number of piperidine rings is 1. The average molecular weight is 340 g/mol. The van der Waals surface area contributed by atoms with Crippen molar-refractivity contribution in [3.63, 3.8) is 0 Å². The molecule has 0 aromatic carbocycles. The van der Waals surface area contributed by atoms with Gasteiger partial charge in [-0.05, 0) is 26.9 Å². The fraction of sp³-hybridized carbons (Fsp3) is 0.875. The molecule has 0 aromatic heterocycles. The molecule has 0 saturated carbocycles. The molecule has 2 aliphatic rings. The molecule has 1 unspecified atom stereocenters. The molecule has 8 heteroatoms. The van der Waals surface area contributed by atoms with Crippen LogP contribution in [0.4, 0.5) is 4.79 Å². The number of ether oxygens (including phenoxy) is 1. The van der Waals surface area contributed by atoms with Gasteiger partial charge in [0.1, 0.15) is 0 Å². The van der Waals surface area contributed by atoms with E-state index in [1.807, 2.05) is 0 Å². The second-order valence-electron chi connectivity index (χ2n) is 6.73. The van der Waals surface area contributed by atoms with E-state index in [-0.39, 0.29) is 6.09 Å². The van der Waals surface area contributed by atoms with Crippen LogP contribution in [0.15, 0.2) is 4.99 Å². The van der Waals surface area contributed by atoms with Crippen molar-refractivity contribution in [2.24, 2.45) is 4.99 Å². The number of guanidine groups is 1. The number of carbonyl (C=O) groups is 1. The first kappa shape index (κ1) is 18.8. The Kier molecular flexibility index (Phi) is 7.11. The van der Waals surface area contributed by atoms with E-state index in [0.29, 0.717) is 12.1 Å². The third-order valence-electron chi connectivity index (χ3n) is 4.98. The Morgan fingerprint density at radius 3 is 2.54 bits per heavy atom. The van der Waals surface area contributed by atoms with Crippen molar-refractivity contribution < 1.29 is 9.53 Å². The van der Waals surface area contributed by atoms with Gasteiger partial charge in [0.25, 0.3) is 0 Å². The molecule has 1 atom stereocenters. The maximum absolute atomic E-state index is 11.5. The Morgan fingerprint density at radius 1 is 1.21 bits per heavy atom. The van der Waals surface area contributed by atoms with E-state index in [9.17, 15) is 4.79 Å². The molecule has 24 heavy (non-hydrogen) atoms. The lowest BCUT2D eigenvalue weighted by Crippen LogP contribution is -2.56. The van der Waals surface area contributed by atoms with Gasteiger partial charge in [0.2, 0.25) is 0 Å². The summed E-state index contributed by atoms with van der Waals surface area (Å²) >= 11 is 0. The molecule has 0 bridgehead atoms. The summed E-state index contributed by atoms with van der Waals surface area (Å²) in [5.41, 5.74) is 0. The lowest BCUT2D eigenvalue weighted by atomic mass is 10.1. The van der Waals surface area contributed by atoms with E-state index in [0.717, 1.165) is 58.1 Å². The molecule has 0 spiro atoms. The van der Waals surface area contributed by atoms with Gasteiger partial charge in [-0.3, -0.25) is 9.89 Å². The highest BCUT2D eigenvalue weighted by atomic mass is 16.5. The summed E-state index contributed by atoms with van der Waals surface area (Å²) in [6, 6.07) is 0.826. The summed E-state index contributed by atoms with van der Waals surface area (Å²) in [7, 11) is 7.58. The van der Waals surface area contributed by atoms with Crippen molar-refractivity contribution in [3.8, 4) is 0 Å². The lowest BCUT2D eigenvalue weighted by Gasteiger charge is -2.38. The molecule has 2 heterocycles. The van der Waals surface area contributed by atoms with Gasteiger partial charge in [-0.15, -0.1) is 0 Å². The number of carbonyl (C=O) groups excluding carboxylic acids is 1. The number of rotatable bonds is 3. The van der Waals surface area contributed by atoms with Gasteiger partial charge < -0.3 is 25.2 Å². The first-order chi connectivity index (χ1) is 11.5. The van der Waals surface area contributed by atoms with Crippen molar-refractivity contribution in [3.05, 3.63) is 0 Å². The standard InChI is InChI=1S/C16H32N6O2/c1-17-15(18-11-14-12-20(2)9-10-21(14)3)19-13-5-7-22(8-6-13)16(23)24-4/h13-14H,5-12H2,1-4H3,(H2,17,18,19). The molecule has 8 nitrogen and oxygen atoms in total. The zero-order valence-electron chi connectivity index (χ0n) is 15.4. The number of hydrogen-bond acceptors (Lipinski definition) is 5. The molecule has 2 fully saturated rings. The topological polar surface area (TPSA) is 72.4 Å². The quantitative estimate of drug-likeness (QED) is 0.539. The zero-order valence-corrected chi connectivity index (χ0v) is 15.4. The summed E-state index contributed by atoms with van der Waals surface area (Å²) in [4.78, 5) is 22.4. The Labute approximate surface area is 145 Å². The van der Waals surface area contributed by atoms with Crippen molar-refractivity contribution in [2.45, 2.75) is 24.9 Å².